The molecule has 2 aliphatic heterocycles. The van der Waals surface area contributed by atoms with Gasteiger partial charge < -0.3 is 24.8 Å². The summed E-state index contributed by atoms with van der Waals surface area (Å²) in [5, 5.41) is 6.04. The molecule has 248 valence electrons. The third-order valence-corrected chi connectivity index (χ3v) is 9.54. The molecule has 0 radical (unpaired) electrons. The Kier molecular flexibility index (Phi) is 8.85. The Bertz CT molecular complexity index is 1810. The molecule has 7 rings (SSSR count). The molecule has 2 N–H and O–H groups in total. The summed E-state index contributed by atoms with van der Waals surface area (Å²) in [6.45, 7) is 6.25. The lowest BCUT2D eigenvalue weighted by atomic mass is 9.88. The van der Waals surface area contributed by atoms with Gasteiger partial charge in [-0.1, -0.05) is 24.3 Å². The van der Waals surface area contributed by atoms with Gasteiger partial charge in [0, 0.05) is 38.4 Å². The number of aromatic nitrogens is 1. The number of benzene rings is 3. The zero-order valence-electron chi connectivity index (χ0n) is 27.1. The van der Waals surface area contributed by atoms with Crippen LogP contribution in [-0.4, -0.2) is 68.2 Å². The molecule has 4 aromatic rings. The molecule has 0 spiro atoms. The van der Waals surface area contributed by atoms with E-state index in [1.54, 1.807) is 25.4 Å². The summed E-state index contributed by atoms with van der Waals surface area (Å²) < 4.78 is 31.8. The molecule has 2 atom stereocenters. The Morgan fingerprint density at radius 3 is 2.54 bits per heavy atom. The van der Waals surface area contributed by atoms with E-state index in [-0.39, 0.29) is 17.6 Å². The van der Waals surface area contributed by atoms with Crippen LogP contribution in [0.3, 0.4) is 0 Å². The average Bonchev–Trinajstić information content (AvgIpc) is 3.80. The number of carbonyl (C=O) groups is 2. The van der Waals surface area contributed by atoms with E-state index < -0.39 is 17.6 Å². The number of fused-ring (bicyclic) bond motifs is 1. The van der Waals surface area contributed by atoms with Crippen LogP contribution < -0.4 is 20.1 Å². The minimum absolute atomic E-state index is 0.203. The van der Waals surface area contributed by atoms with Gasteiger partial charge in [-0.15, -0.1) is 0 Å². The molecule has 3 heterocycles. The molecular weight excluding hydrogens is 611 g/mol. The molecule has 1 aliphatic carbocycles. The van der Waals surface area contributed by atoms with Crippen LogP contribution in [0.2, 0.25) is 0 Å². The van der Waals surface area contributed by atoms with Gasteiger partial charge in [0.25, 0.3) is 5.91 Å². The second kappa shape index (κ2) is 13.4. The lowest BCUT2D eigenvalue weighted by molar-refractivity contribution is -0.123. The average molecular weight is 651 g/mol. The van der Waals surface area contributed by atoms with Gasteiger partial charge in [-0.25, -0.2) is 4.39 Å². The first kappa shape index (κ1) is 31.8. The van der Waals surface area contributed by atoms with Crippen molar-refractivity contribution in [2.75, 3.05) is 46.5 Å². The van der Waals surface area contributed by atoms with Gasteiger partial charge in [0.15, 0.2) is 0 Å². The predicted molar refractivity (Wildman–Crippen MR) is 179 cm³/mol. The fraction of sp³-hybridized carbons (Fsp3) is 0.342. The SMILES string of the molecule is CNC(=O)C1c2cc(-c3cc(C(=O)NC4(c5ccccn5)CC4)c(OCCN4CCOCC4)cc3C)ccc2OC1c1ccc(F)cc1. The molecule has 2 fully saturated rings. The summed E-state index contributed by atoms with van der Waals surface area (Å²) in [5.74, 6) is -0.330. The highest BCUT2D eigenvalue weighted by Crippen LogP contribution is 2.48. The fourth-order valence-corrected chi connectivity index (χ4v) is 6.68. The van der Waals surface area contributed by atoms with Crippen LogP contribution in [0.15, 0.2) is 79.0 Å². The number of amides is 2. The third kappa shape index (κ3) is 6.37. The van der Waals surface area contributed by atoms with Crippen LogP contribution in [0.4, 0.5) is 4.39 Å². The molecule has 0 bridgehead atoms. The van der Waals surface area contributed by atoms with Crippen LogP contribution >= 0.6 is 0 Å². The molecule has 1 aromatic heterocycles. The van der Waals surface area contributed by atoms with Crippen molar-refractivity contribution in [2.45, 2.75) is 37.3 Å². The maximum atomic E-state index is 14.1. The van der Waals surface area contributed by atoms with Gasteiger partial charge in [0.1, 0.15) is 35.9 Å². The predicted octanol–water partition coefficient (Wildman–Crippen LogP) is 5.29. The molecule has 2 unspecified atom stereocenters. The van der Waals surface area contributed by atoms with Crippen molar-refractivity contribution in [1.82, 2.24) is 20.5 Å². The molecular formula is C38H39FN4O5. The molecule has 1 saturated carbocycles. The fourth-order valence-electron chi connectivity index (χ4n) is 6.68. The van der Waals surface area contributed by atoms with Crippen LogP contribution in [0.5, 0.6) is 11.5 Å². The van der Waals surface area contributed by atoms with Gasteiger partial charge in [-0.05, 0) is 90.6 Å². The van der Waals surface area contributed by atoms with E-state index in [1.807, 2.05) is 55.5 Å². The number of likely N-dealkylation sites (N-methyl/N-ethyl adjacent to an activating group) is 1. The highest BCUT2D eigenvalue weighted by molar-refractivity contribution is 5.99. The molecule has 2 amide bonds. The number of carbonyl (C=O) groups excluding carboxylic acids is 2. The first-order valence-electron chi connectivity index (χ1n) is 16.4. The van der Waals surface area contributed by atoms with E-state index in [2.05, 4.69) is 20.5 Å². The van der Waals surface area contributed by atoms with Crippen molar-refractivity contribution in [1.29, 1.82) is 0 Å². The smallest absolute Gasteiger partial charge is 0.255 e. The molecule has 1 saturated heterocycles. The van der Waals surface area contributed by atoms with Gasteiger partial charge >= 0.3 is 0 Å². The second-order valence-electron chi connectivity index (χ2n) is 12.7. The maximum Gasteiger partial charge on any atom is 0.255 e. The summed E-state index contributed by atoms with van der Waals surface area (Å²) in [7, 11) is 1.59. The normalized spacial score (nSPS) is 19.6. The minimum Gasteiger partial charge on any atom is -0.491 e. The van der Waals surface area contributed by atoms with E-state index in [9.17, 15) is 14.0 Å². The van der Waals surface area contributed by atoms with E-state index in [0.717, 1.165) is 60.4 Å². The summed E-state index contributed by atoms with van der Waals surface area (Å²) in [6, 6.07) is 21.3. The molecule has 10 heteroatoms. The minimum atomic E-state index is -0.644. The Balaban J connectivity index is 1.22. The monoisotopic (exact) mass is 650 g/mol. The highest BCUT2D eigenvalue weighted by atomic mass is 19.1. The molecule has 3 aliphatic rings. The number of hydrogen-bond donors (Lipinski definition) is 2. The number of aryl methyl sites for hydroxylation is 1. The number of morpholine rings is 1. The van der Waals surface area contributed by atoms with Crippen LogP contribution in [0.25, 0.3) is 11.1 Å². The Hall–Kier alpha value is -4.80. The van der Waals surface area contributed by atoms with E-state index in [1.165, 1.54) is 12.1 Å². The molecule has 48 heavy (non-hydrogen) atoms. The van der Waals surface area contributed by atoms with Gasteiger partial charge in [0.05, 0.1) is 30.0 Å². The van der Waals surface area contributed by atoms with E-state index in [0.29, 0.717) is 42.4 Å². The first-order valence-corrected chi connectivity index (χ1v) is 16.4. The molecule has 9 nitrogen and oxygen atoms in total. The van der Waals surface area contributed by atoms with Crippen molar-refractivity contribution in [3.05, 3.63) is 113 Å². The lowest BCUT2D eigenvalue weighted by Crippen LogP contribution is -2.39. The standard InChI is InChI=1S/C38H39FN4O5/c1-24-21-32(47-20-17-43-15-18-46-19-16-43)30(36(44)42-38(12-13-38)33-5-3-4-14-41-33)23-28(24)26-8-11-31-29(22-26)34(37(45)40-2)35(48-31)25-6-9-27(39)10-7-25/h3-11,14,21-23,34-35H,12-13,15-20H2,1-2H3,(H,40,45)(H,42,44). The second-order valence-corrected chi connectivity index (χ2v) is 12.7. The van der Waals surface area contributed by atoms with Crippen molar-refractivity contribution < 1.29 is 28.2 Å². The first-order chi connectivity index (χ1) is 23.3. The maximum absolute atomic E-state index is 14.1. The number of pyridine rings is 1. The lowest BCUT2D eigenvalue weighted by Gasteiger charge is -2.26. The van der Waals surface area contributed by atoms with Crippen LogP contribution in [0.1, 0.15) is 57.6 Å². The quantitative estimate of drug-likeness (QED) is 0.241. The van der Waals surface area contributed by atoms with Gasteiger partial charge in [-0.3, -0.25) is 19.5 Å². The van der Waals surface area contributed by atoms with E-state index in [4.69, 9.17) is 14.2 Å². The van der Waals surface area contributed by atoms with Crippen molar-refractivity contribution in [3.63, 3.8) is 0 Å². The summed E-state index contributed by atoms with van der Waals surface area (Å²) in [5.41, 5.74) is 4.80. The third-order valence-electron chi connectivity index (χ3n) is 9.54. The number of hydrogen-bond acceptors (Lipinski definition) is 7. The Labute approximate surface area is 279 Å². The van der Waals surface area contributed by atoms with Crippen LogP contribution in [0, 0.1) is 12.7 Å². The number of nitrogens with one attached hydrogen (secondary N) is 2. The van der Waals surface area contributed by atoms with Crippen LogP contribution in [-0.2, 0) is 15.1 Å². The highest BCUT2D eigenvalue weighted by Gasteiger charge is 2.47. The number of nitrogens with zero attached hydrogens (tertiary/aromatic N) is 2. The number of halogens is 1. The van der Waals surface area contributed by atoms with Gasteiger partial charge in [0.2, 0.25) is 5.91 Å². The Morgan fingerprint density at radius 2 is 1.83 bits per heavy atom. The summed E-state index contributed by atoms with van der Waals surface area (Å²) in [4.78, 5) is 34.2. The van der Waals surface area contributed by atoms with Crippen molar-refractivity contribution in [3.8, 4) is 22.6 Å². The zero-order valence-corrected chi connectivity index (χ0v) is 27.1. The zero-order chi connectivity index (χ0) is 33.3. The number of rotatable bonds is 10. The van der Waals surface area contributed by atoms with Gasteiger partial charge in [-0.2, -0.15) is 0 Å². The topological polar surface area (TPSA) is 102 Å². The summed E-state index contributed by atoms with van der Waals surface area (Å²) >= 11 is 0. The van der Waals surface area contributed by atoms with Crippen molar-refractivity contribution in [2.24, 2.45) is 0 Å². The number of ether oxygens (including phenoxy) is 3. The largest absolute Gasteiger partial charge is 0.491 e. The van der Waals surface area contributed by atoms with E-state index >= 15 is 0 Å². The van der Waals surface area contributed by atoms with Crippen molar-refractivity contribution >= 4 is 11.8 Å². The Morgan fingerprint density at radius 1 is 1.04 bits per heavy atom. The summed E-state index contributed by atoms with van der Waals surface area (Å²) in [6.07, 6.45) is 2.75. The molecule has 3 aromatic carbocycles.